The lowest BCUT2D eigenvalue weighted by molar-refractivity contribution is 0.276. The molecule has 0 saturated heterocycles. The summed E-state index contributed by atoms with van der Waals surface area (Å²) in [5.74, 6) is 1.22. The standard InChI is InChI=1S/C20H22N4O5S/c1-28-19-9-14-7-8-23(11-15(14)10-20(19)29-2)30(26,27)18-5-3-17(4-6-18)24-12-16(13-25)21-22-24/h3-6,9-10,12,25H,7-8,11,13H2,1-2H3. The van der Waals surface area contributed by atoms with Crippen molar-refractivity contribution in [3.63, 3.8) is 0 Å². The summed E-state index contributed by atoms with van der Waals surface area (Å²) in [7, 11) is -0.524. The molecule has 30 heavy (non-hydrogen) atoms. The molecule has 2 heterocycles. The van der Waals surface area contributed by atoms with Crippen LogP contribution in [0.4, 0.5) is 0 Å². The monoisotopic (exact) mass is 430 g/mol. The number of aliphatic hydroxyl groups excluding tert-OH is 1. The van der Waals surface area contributed by atoms with Gasteiger partial charge in [0.05, 0.1) is 37.6 Å². The third-order valence-corrected chi connectivity index (χ3v) is 6.98. The highest BCUT2D eigenvalue weighted by Crippen LogP contribution is 2.34. The van der Waals surface area contributed by atoms with Crippen molar-refractivity contribution in [3.8, 4) is 17.2 Å². The summed E-state index contributed by atoms with van der Waals surface area (Å²) in [5.41, 5.74) is 3.05. The number of hydrogen-bond acceptors (Lipinski definition) is 7. The van der Waals surface area contributed by atoms with Gasteiger partial charge in [-0.25, -0.2) is 13.1 Å². The Balaban J connectivity index is 1.58. The third kappa shape index (κ3) is 3.64. The van der Waals surface area contributed by atoms with Gasteiger partial charge >= 0.3 is 0 Å². The molecular formula is C20H22N4O5S. The molecule has 1 aliphatic heterocycles. The Morgan fingerprint density at radius 1 is 1.07 bits per heavy atom. The van der Waals surface area contributed by atoms with Gasteiger partial charge in [0.15, 0.2) is 11.5 Å². The highest BCUT2D eigenvalue weighted by molar-refractivity contribution is 7.89. The zero-order valence-corrected chi connectivity index (χ0v) is 17.5. The van der Waals surface area contributed by atoms with Crippen LogP contribution in [0.3, 0.4) is 0 Å². The Bertz CT molecular complexity index is 1160. The number of hydrogen-bond donors (Lipinski definition) is 1. The summed E-state index contributed by atoms with van der Waals surface area (Å²) in [4.78, 5) is 0.206. The predicted molar refractivity (Wildman–Crippen MR) is 108 cm³/mol. The van der Waals surface area contributed by atoms with E-state index < -0.39 is 10.0 Å². The van der Waals surface area contributed by atoms with E-state index in [1.807, 2.05) is 12.1 Å². The van der Waals surface area contributed by atoms with Crippen LogP contribution in [0.5, 0.6) is 11.5 Å². The first-order chi connectivity index (χ1) is 14.5. The second-order valence-electron chi connectivity index (χ2n) is 6.87. The molecule has 0 amide bonds. The maximum absolute atomic E-state index is 13.2. The molecule has 0 atom stereocenters. The highest BCUT2D eigenvalue weighted by atomic mass is 32.2. The molecule has 0 aliphatic carbocycles. The number of aliphatic hydroxyl groups is 1. The minimum atomic E-state index is -3.66. The van der Waals surface area contributed by atoms with Crippen molar-refractivity contribution in [3.05, 3.63) is 59.4 Å². The molecule has 3 aromatic rings. The number of methoxy groups -OCH3 is 2. The van der Waals surface area contributed by atoms with Gasteiger partial charge < -0.3 is 14.6 Å². The van der Waals surface area contributed by atoms with E-state index in [1.54, 1.807) is 44.7 Å². The van der Waals surface area contributed by atoms with E-state index in [9.17, 15) is 8.42 Å². The molecule has 9 nitrogen and oxygen atoms in total. The zero-order valence-electron chi connectivity index (χ0n) is 16.6. The number of ether oxygens (including phenoxy) is 2. The second kappa shape index (κ2) is 8.05. The third-order valence-electron chi connectivity index (χ3n) is 5.12. The van der Waals surface area contributed by atoms with E-state index >= 15 is 0 Å². The molecule has 0 unspecified atom stereocenters. The number of fused-ring (bicyclic) bond motifs is 1. The van der Waals surface area contributed by atoms with Crippen molar-refractivity contribution in [2.75, 3.05) is 20.8 Å². The van der Waals surface area contributed by atoms with Gasteiger partial charge in [-0.2, -0.15) is 4.31 Å². The lowest BCUT2D eigenvalue weighted by atomic mass is 10.0. The SMILES string of the molecule is COc1cc2c(cc1OC)CN(S(=O)(=O)c1ccc(-n3cc(CO)nn3)cc1)CC2. The van der Waals surface area contributed by atoms with Crippen LogP contribution in [-0.2, 0) is 29.6 Å². The molecule has 0 bridgehead atoms. The summed E-state index contributed by atoms with van der Waals surface area (Å²) in [6.07, 6.45) is 2.18. The molecule has 1 N–H and O–H groups in total. The fraction of sp³-hybridized carbons (Fsp3) is 0.300. The fourth-order valence-corrected chi connectivity index (χ4v) is 4.90. The molecule has 2 aromatic carbocycles. The van der Waals surface area contributed by atoms with Crippen molar-refractivity contribution in [1.82, 2.24) is 19.3 Å². The van der Waals surface area contributed by atoms with Crippen LogP contribution in [0.2, 0.25) is 0 Å². The van der Waals surface area contributed by atoms with Gasteiger partial charge in [-0.3, -0.25) is 0 Å². The van der Waals surface area contributed by atoms with Crippen LogP contribution in [0, 0.1) is 0 Å². The van der Waals surface area contributed by atoms with Crippen molar-refractivity contribution in [1.29, 1.82) is 0 Å². The van der Waals surface area contributed by atoms with Crippen molar-refractivity contribution in [2.45, 2.75) is 24.5 Å². The van der Waals surface area contributed by atoms with Crippen LogP contribution in [0.15, 0.2) is 47.5 Å². The van der Waals surface area contributed by atoms with Gasteiger partial charge in [-0.05, 0) is 53.9 Å². The Morgan fingerprint density at radius 3 is 2.33 bits per heavy atom. The van der Waals surface area contributed by atoms with E-state index in [0.717, 1.165) is 11.1 Å². The molecule has 10 heteroatoms. The summed E-state index contributed by atoms with van der Waals surface area (Å²) >= 11 is 0. The molecule has 0 saturated carbocycles. The Kier molecular flexibility index (Phi) is 5.46. The molecule has 158 valence electrons. The van der Waals surface area contributed by atoms with E-state index in [4.69, 9.17) is 14.6 Å². The summed E-state index contributed by atoms with van der Waals surface area (Å²) in [5, 5.41) is 16.8. The highest BCUT2D eigenvalue weighted by Gasteiger charge is 2.29. The van der Waals surface area contributed by atoms with Crippen molar-refractivity contribution < 1.29 is 23.0 Å². The first kappa shape index (κ1) is 20.3. The molecule has 1 aliphatic rings. The second-order valence-corrected chi connectivity index (χ2v) is 8.81. The maximum Gasteiger partial charge on any atom is 0.243 e. The summed E-state index contributed by atoms with van der Waals surface area (Å²) in [6.45, 7) is 0.442. The molecule has 0 fully saturated rings. The van der Waals surface area contributed by atoms with Crippen LogP contribution in [-0.4, -0.2) is 53.6 Å². The fourth-order valence-electron chi connectivity index (χ4n) is 3.48. The van der Waals surface area contributed by atoms with E-state index in [0.29, 0.717) is 35.8 Å². The Labute approximate surface area is 174 Å². The molecule has 4 rings (SSSR count). The van der Waals surface area contributed by atoms with Crippen molar-refractivity contribution in [2.24, 2.45) is 0 Å². The van der Waals surface area contributed by atoms with Crippen LogP contribution < -0.4 is 9.47 Å². The first-order valence-electron chi connectivity index (χ1n) is 9.32. The average Bonchev–Trinajstić information content (AvgIpc) is 3.27. The first-order valence-corrected chi connectivity index (χ1v) is 10.8. The summed E-state index contributed by atoms with van der Waals surface area (Å²) < 4.78 is 40.0. The van der Waals surface area contributed by atoms with Gasteiger partial charge in [0.1, 0.15) is 5.69 Å². The predicted octanol–water partition coefficient (Wildman–Crippen LogP) is 1.52. The lowest BCUT2D eigenvalue weighted by Gasteiger charge is -2.29. The normalized spacial score (nSPS) is 14.4. The van der Waals surface area contributed by atoms with Crippen LogP contribution in [0.25, 0.3) is 5.69 Å². The molecule has 1 aromatic heterocycles. The number of benzene rings is 2. The minimum absolute atomic E-state index is 0.206. The molecule has 0 radical (unpaired) electrons. The van der Waals surface area contributed by atoms with Gasteiger partial charge in [0.2, 0.25) is 10.0 Å². The molecule has 0 spiro atoms. The number of rotatable bonds is 6. The van der Waals surface area contributed by atoms with E-state index in [-0.39, 0.29) is 18.0 Å². The van der Waals surface area contributed by atoms with Crippen LogP contribution in [0.1, 0.15) is 16.8 Å². The van der Waals surface area contributed by atoms with Crippen molar-refractivity contribution >= 4 is 10.0 Å². The van der Waals surface area contributed by atoms with E-state index in [1.165, 1.54) is 8.99 Å². The Morgan fingerprint density at radius 2 is 1.73 bits per heavy atom. The average molecular weight is 430 g/mol. The lowest BCUT2D eigenvalue weighted by Crippen LogP contribution is -2.36. The van der Waals surface area contributed by atoms with Crippen LogP contribution >= 0.6 is 0 Å². The summed E-state index contributed by atoms with van der Waals surface area (Å²) in [6, 6.07) is 10.2. The number of aromatic nitrogens is 3. The van der Waals surface area contributed by atoms with Gasteiger partial charge in [-0.15, -0.1) is 5.10 Å². The smallest absolute Gasteiger partial charge is 0.243 e. The quantitative estimate of drug-likeness (QED) is 0.632. The maximum atomic E-state index is 13.2. The Hall–Kier alpha value is -2.95. The van der Waals surface area contributed by atoms with Gasteiger partial charge in [0.25, 0.3) is 0 Å². The number of sulfonamides is 1. The van der Waals surface area contributed by atoms with Gasteiger partial charge in [0, 0.05) is 13.1 Å². The van der Waals surface area contributed by atoms with Gasteiger partial charge in [-0.1, -0.05) is 5.21 Å². The topological polar surface area (TPSA) is 107 Å². The minimum Gasteiger partial charge on any atom is -0.493 e. The number of nitrogens with zero attached hydrogens (tertiary/aromatic N) is 4. The molecular weight excluding hydrogens is 408 g/mol. The largest absolute Gasteiger partial charge is 0.493 e. The zero-order chi connectivity index (χ0) is 21.3. The van der Waals surface area contributed by atoms with E-state index in [2.05, 4.69) is 10.3 Å².